The van der Waals surface area contributed by atoms with Gasteiger partial charge in [-0.25, -0.2) is 14.8 Å². The number of carbonyl (C=O) groups is 4. The Morgan fingerprint density at radius 2 is 1.74 bits per heavy atom. The fraction of sp³-hybridized carbons (Fsp3) is 0.298. The molecule has 19 heteroatoms. The van der Waals surface area contributed by atoms with Crippen LogP contribution >= 0.6 is 35.3 Å². The highest BCUT2D eigenvalue weighted by molar-refractivity contribution is 8.15. The number of aromatic amines is 1. The molecule has 66 heavy (non-hydrogen) atoms. The predicted molar refractivity (Wildman–Crippen MR) is 256 cm³/mol. The molecule has 0 bridgehead atoms. The standard InChI is InChI=1S/C47H48N10O6S3/c1-4-9-40-50-37(43(46(60)62-5-2)57(40)25-30-14-18-34(31-10-7-6-8-11-31)35(22-30)44-52-54-55-53-44)27-64-21-20-48-42(58)28-65-33-17-19-36-38(24-33)56(3)41(49-36)26-63-32-15-12-29(13-16-32)23-39-45(59)51-47(61)66-39/h6-8,10-19,22,24,39H,4-5,9,20-21,23,25-28H2,1-3H3,(H,48,58)(H,51,59,61)(H,52,53,54,55). The van der Waals surface area contributed by atoms with Gasteiger partial charge in [0.05, 0.1) is 34.3 Å². The lowest BCUT2D eigenvalue weighted by Crippen LogP contribution is -2.27. The van der Waals surface area contributed by atoms with Gasteiger partial charge in [-0.1, -0.05) is 73.3 Å². The van der Waals surface area contributed by atoms with Crippen LogP contribution in [-0.2, 0) is 53.1 Å². The Kier molecular flexibility index (Phi) is 15.2. The zero-order valence-electron chi connectivity index (χ0n) is 36.6. The Balaban J connectivity index is 0.842. The summed E-state index contributed by atoms with van der Waals surface area (Å²) < 4.78 is 15.6. The van der Waals surface area contributed by atoms with Crippen molar-refractivity contribution in [3.63, 3.8) is 0 Å². The van der Waals surface area contributed by atoms with Gasteiger partial charge < -0.3 is 23.9 Å². The molecule has 1 fully saturated rings. The highest BCUT2D eigenvalue weighted by atomic mass is 32.2. The number of fused-ring (bicyclic) bond motifs is 1. The summed E-state index contributed by atoms with van der Waals surface area (Å²) in [7, 11) is 1.94. The van der Waals surface area contributed by atoms with Crippen LogP contribution in [0.2, 0.25) is 0 Å². The molecule has 1 aliphatic rings. The zero-order chi connectivity index (χ0) is 46.0. The summed E-state index contributed by atoms with van der Waals surface area (Å²) in [5.41, 5.74) is 7.53. The maximum Gasteiger partial charge on any atom is 0.356 e. The van der Waals surface area contributed by atoms with Crippen LogP contribution in [0, 0.1) is 0 Å². The summed E-state index contributed by atoms with van der Waals surface area (Å²) in [6, 6.07) is 29.6. The Morgan fingerprint density at radius 1 is 0.924 bits per heavy atom. The SMILES string of the molecule is CCCc1nc(CSCCNC(=O)CSc2ccc3nc(COc4ccc(CC5SC(=O)NC5=O)cc4)n(C)c3c2)c(C(=O)OCC)n1Cc1ccc(-c2ccccc2)c(-c2nn[nH]n2)c1. The van der Waals surface area contributed by atoms with Crippen LogP contribution in [0.1, 0.15) is 59.2 Å². The Morgan fingerprint density at radius 3 is 2.48 bits per heavy atom. The van der Waals surface area contributed by atoms with Gasteiger partial charge in [0.2, 0.25) is 17.6 Å². The molecule has 0 saturated carbocycles. The van der Waals surface area contributed by atoms with Gasteiger partial charge in [0, 0.05) is 48.5 Å². The third-order valence-corrected chi connectivity index (χ3v) is 13.7. The molecule has 1 aliphatic heterocycles. The number of imide groups is 1. The van der Waals surface area contributed by atoms with Crippen LogP contribution in [-0.4, -0.2) is 92.7 Å². The fourth-order valence-corrected chi connectivity index (χ4v) is 9.95. The second-order valence-electron chi connectivity index (χ2n) is 15.3. The molecule has 8 rings (SSSR count). The molecular formula is C47H48N10O6S3. The maximum absolute atomic E-state index is 13.6. The zero-order valence-corrected chi connectivity index (χ0v) is 39.1. The van der Waals surface area contributed by atoms with Crippen molar-refractivity contribution in [3.8, 4) is 28.3 Å². The lowest BCUT2D eigenvalue weighted by molar-refractivity contribution is -0.119. The molecule has 1 unspecified atom stereocenters. The van der Waals surface area contributed by atoms with Crippen molar-refractivity contribution < 1.29 is 28.7 Å². The first-order chi connectivity index (χ1) is 32.2. The maximum atomic E-state index is 13.6. The monoisotopic (exact) mass is 944 g/mol. The quantitative estimate of drug-likeness (QED) is 0.0365. The smallest absolute Gasteiger partial charge is 0.356 e. The van der Waals surface area contributed by atoms with E-state index in [1.165, 1.54) is 11.8 Å². The number of amides is 3. The second kappa shape index (κ2) is 21.7. The number of carbonyl (C=O) groups excluding carboxylic acids is 4. The third kappa shape index (κ3) is 11.1. The number of rotatable bonds is 21. The first-order valence-electron chi connectivity index (χ1n) is 21.5. The highest BCUT2D eigenvalue weighted by Gasteiger charge is 2.31. The number of aromatic nitrogens is 8. The van der Waals surface area contributed by atoms with Gasteiger partial charge in [-0.05, 0) is 83.6 Å². The second-order valence-corrected chi connectivity index (χ2v) is 18.6. The Hall–Kier alpha value is -6.44. The minimum atomic E-state index is -0.419. The van der Waals surface area contributed by atoms with E-state index in [0.29, 0.717) is 60.4 Å². The van der Waals surface area contributed by atoms with E-state index in [9.17, 15) is 19.2 Å². The number of aryl methyl sites for hydroxylation is 2. The molecule has 1 atom stereocenters. The summed E-state index contributed by atoms with van der Waals surface area (Å²) in [4.78, 5) is 60.6. The van der Waals surface area contributed by atoms with E-state index >= 15 is 0 Å². The number of nitrogens with one attached hydrogen (secondary N) is 3. The summed E-state index contributed by atoms with van der Waals surface area (Å²) in [5, 5.41) is 19.5. The lowest BCUT2D eigenvalue weighted by Gasteiger charge is -2.14. The molecule has 4 heterocycles. The molecule has 0 aliphatic carbocycles. The largest absolute Gasteiger partial charge is 0.486 e. The van der Waals surface area contributed by atoms with Gasteiger partial charge in [-0.3, -0.25) is 19.7 Å². The minimum Gasteiger partial charge on any atom is -0.486 e. The predicted octanol–water partition coefficient (Wildman–Crippen LogP) is 7.41. The van der Waals surface area contributed by atoms with Crippen molar-refractivity contribution in [2.45, 2.75) is 62.2 Å². The molecule has 3 N–H and O–H groups in total. The Labute approximate surface area is 393 Å². The molecule has 0 radical (unpaired) electrons. The first kappa shape index (κ1) is 46.1. The van der Waals surface area contributed by atoms with Crippen molar-refractivity contribution >= 4 is 69.3 Å². The van der Waals surface area contributed by atoms with Crippen molar-refractivity contribution in [2.24, 2.45) is 7.05 Å². The van der Waals surface area contributed by atoms with Crippen molar-refractivity contribution in [1.82, 2.24) is 50.4 Å². The normalized spacial score (nSPS) is 13.6. The van der Waals surface area contributed by atoms with Gasteiger partial charge in [0.15, 0.2) is 5.69 Å². The molecule has 0 spiro atoms. The molecule has 4 aromatic carbocycles. The number of nitrogens with zero attached hydrogens (tertiary/aromatic N) is 7. The average Bonchev–Trinajstić information content (AvgIpc) is 4.12. The van der Waals surface area contributed by atoms with E-state index in [-0.39, 0.29) is 36.0 Å². The molecular weight excluding hydrogens is 897 g/mol. The number of hydrogen-bond donors (Lipinski definition) is 3. The van der Waals surface area contributed by atoms with E-state index in [2.05, 4.69) is 38.2 Å². The van der Waals surface area contributed by atoms with E-state index in [4.69, 9.17) is 19.4 Å². The fourth-order valence-electron chi connectivity index (χ4n) is 7.55. The molecule has 3 aromatic heterocycles. The van der Waals surface area contributed by atoms with Crippen molar-refractivity contribution in [2.75, 3.05) is 24.7 Å². The van der Waals surface area contributed by atoms with Crippen LogP contribution in [0.5, 0.6) is 5.75 Å². The minimum absolute atomic E-state index is 0.0789. The van der Waals surface area contributed by atoms with Gasteiger partial charge in [0.1, 0.15) is 24.0 Å². The van der Waals surface area contributed by atoms with Gasteiger partial charge >= 0.3 is 5.97 Å². The van der Waals surface area contributed by atoms with Crippen LogP contribution in [0.4, 0.5) is 4.79 Å². The average molecular weight is 945 g/mol. The number of esters is 1. The number of hydrogen-bond acceptors (Lipinski definition) is 14. The molecule has 1 saturated heterocycles. The molecule has 3 amide bonds. The van der Waals surface area contributed by atoms with Crippen LogP contribution in [0.3, 0.4) is 0 Å². The summed E-state index contributed by atoms with van der Waals surface area (Å²) in [5.74, 6) is 3.28. The van der Waals surface area contributed by atoms with Crippen LogP contribution < -0.4 is 15.4 Å². The molecule has 7 aromatic rings. The van der Waals surface area contributed by atoms with Crippen LogP contribution in [0.25, 0.3) is 33.5 Å². The molecule has 340 valence electrons. The van der Waals surface area contributed by atoms with E-state index in [1.807, 2.05) is 107 Å². The topological polar surface area (TPSA) is 201 Å². The summed E-state index contributed by atoms with van der Waals surface area (Å²) >= 11 is 4.06. The lowest BCUT2D eigenvalue weighted by atomic mass is 9.97. The Bertz CT molecular complexity index is 2830. The van der Waals surface area contributed by atoms with E-state index in [1.54, 1.807) is 18.7 Å². The first-order valence-corrected chi connectivity index (χ1v) is 24.5. The van der Waals surface area contributed by atoms with Crippen LogP contribution in [0.15, 0.2) is 95.9 Å². The number of tetrazole rings is 1. The number of imidazole rings is 2. The number of H-pyrrole nitrogens is 1. The molecule has 16 nitrogen and oxygen atoms in total. The summed E-state index contributed by atoms with van der Waals surface area (Å²) in [6.07, 6.45) is 1.99. The van der Waals surface area contributed by atoms with E-state index < -0.39 is 11.2 Å². The number of benzene rings is 4. The van der Waals surface area contributed by atoms with E-state index in [0.717, 1.165) is 73.6 Å². The number of thioether (sulfide) groups is 3. The third-order valence-electron chi connectivity index (χ3n) is 10.8. The van der Waals surface area contributed by atoms with Gasteiger partial charge in [-0.15, -0.1) is 22.0 Å². The highest BCUT2D eigenvalue weighted by Crippen LogP contribution is 2.32. The van der Waals surface area contributed by atoms with Crippen molar-refractivity contribution in [1.29, 1.82) is 0 Å². The van der Waals surface area contributed by atoms with Gasteiger partial charge in [0.25, 0.3) is 5.24 Å². The number of ether oxygens (including phenoxy) is 2. The summed E-state index contributed by atoms with van der Waals surface area (Å²) in [6.45, 7) is 5.22. The van der Waals surface area contributed by atoms with Gasteiger partial charge in [-0.2, -0.15) is 17.0 Å². The van der Waals surface area contributed by atoms with Crippen molar-refractivity contribution in [3.05, 3.63) is 125 Å².